The molecular weight excluding hydrogens is 210 g/mol. The number of nitrogens with two attached hydrogens (primary N) is 1. The second kappa shape index (κ2) is 5.81. The molecule has 0 spiro atoms. The van der Waals surface area contributed by atoms with Gasteiger partial charge in [0, 0.05) is 12.6 Å². The summed E-state index contributed by atoms with van der Waals surface area (Å²) < 4.78 is 5.13. The average molecular weight is 229 g/mol. The van der Waals surface area contributed by atoms with Crippen molar-refractivity contribution in [2.45, 2.75) is 25.9 Å². The molecule has 0 bridgehead atoms. The van der Waals surface area contributed by atoms with Crippen molar-refractivity contribution >= 4 is 11.8 Å². The molecule has 1 fully saturated rings. The highest BCUT2D eigenvalue weighted by atomic mass is 16.5. The van der Waals surface area contributed by atoms with Crippen molar-refractivity contribution in [3.05, 3.63) is 0 Å². The third kappa shape index (κ3) is 3.46. The van der Waals surface area contributed by atoms with Crippen molar-refractivity contribution < 1.29 is 14.3 Å². The molecule has 16 heavy (non-hydrogen) atoms. The van der Waals surface area contributed by atoms with E-state index in [0.29, 0.717) is 13.2 Å². The van der Waals surface area contributed by atoms with Gasteiger partial charge in [-0.05, 0) is 0 Å². The first-order valence-electron chi connectivity index (χ1n) is 5.42. The Balaban J connectivity index is 2.54. The summed E-state index contributed by atoms with van der Waals surface area (Å²) in [5.74, 6) is -0.626. The maximum absolute atomic E-state index is 11.8. The Kier molecular flexibility index (Phi) is 4.70. The molecule has 0 radical (unpaired) electrons. The maximum atomic E-state index is 11.8. The van der Waals surface area contributed by atoms with Gasteiger partial charge in [0.2, 0.25) is 11.8 Å². The Hall–Kier alpha value is -1.14. The minimum Gasteiger partial charge on any atom is -0.377 e. The number of rotatable bonds is 4. The van der Waals surface area contributed by atoms with Gasteiger partial charge < -0.3 is 20.7 Å². The highest BCUT2D eigenvalue weighted by Crippen LogP contribution is 2.06. The molecule has 1 unspecified atom stereocenters. The standard InChI is InChI=1S/C10H19N3O3/c1-7(2)12-5-9(14)13-3-4-16-6-8(13)10(11)15/h7-8,12H,3-6H2,1-2H3,(H2,11,15). The molecule has 6 heteroatoms. The molecule has 92 valence electrons. The van der Waals surface area contributed by atoms with Gasteiger partial charge in [-0.25, -0.2) is 0 Å². The molecule has 1 aliphatic rings. The lowest BCUT2D eigenvalue weighted by Gasteiger charge is -2.33. The number of nitrogens with zero attached hydrogens (tertiary/aromatic N) is 1. The van der Waals surface area contributed by atoms with Crippen LogP contribution in [-0.2, 0) is 14.3 Å². The Morgan fingerprint density at radius 2 is 2.25 bits per heavy atom. The number of hydrogen-bond donors (Lipinski definition) is 2. The largest absolute Gasteiger partial charge is 0.377 e. The lowest BCUT2D eigenvalue weighted by atomic mass is 10.2. The van der Waals surface area contributed by atoms with Gasteiger partial charge in [0.05, 0.1) is 19.8 Å². The Bertz CT molecular complexity index is 268. The summed E-state index contributed by atoms with van der Waals surface area (Å²) in [6, 6.07) is -0.396. The fraction of sp³-hybridized carbons (Fsp3) is 0.800. The van der Waals surface area contributed by atoms with Crippen LogP contribution < -0.4 is 11.1 Å². The second-order valence-corrected chi connectivity index (χ2v) is 4.12. The van der Waals surface area contributed by atoms with Gasteiger partial charge in [0.1, 0.15) is 6.04 Å². The number of nitrogens with one attached hydrogen (secondary N) is 1. The van der Waals surface area contributed by atoms with Crippen molar-refractivity contribution in [1.82, 2.24) is 10.2 Å². The predicted octanol–water partition coefficient (Wildman–Crippen LogP) is -1.30. The summed E-state index contributed by atoms with van der Waals surface area (Å²) in [6.45, 7) is 5.21. The topological polar surface area (TPSA) is 84.7 Å². The van der Waals surface area contributed by atoms with E-state index in [2.05, 4.69) is 5.32 Å². The fourth-order valence-corrected chi connectivity index (χ4v) is 1.53. The fourth-order valence-electron chi connectivity index (χ4n) is 1.53. The normalized spacial score (nSPS) is 21.2. The van der Waals surface area contributed by atoms with E-state index >= 15 is 0 Å². The zero-order valence-corrected chi connectivity index (χ0v) is 9.73. The molecule has 0 aliphatic carbocycles. The van der Waals surface area contributed by atoms with Gasteiger partial charge in [-0.1, -0.05) is 13.8 Å². The number of carbonyl (C=O) groups excluding carboxylic acids is 2. The molecule has 0 aromatic heterocycles. The highest BCUT2D eigenvalue weighted by molar-refractivity contribution is 5.87. The number of hydrogen-bond acceptors (Lipinski definition) is 4. The van der Waals surface area contributed by atoms with Gasteiger partial charge in [0.25, 0.3) is 0 Å². The van der Waals surface area contributed by atoms with Gasteiger partial charge in [-0.15, -0.1) is 0 Å². The monoisotopic (exact) mass is 229 g/mol. The van der Waals surface area contributed by atoms with Crippen LogP contribution >= 0.6 is 0 Å². The van der Waals surface area contributed by atoms with Crippen LogP contribution in [0, 0.1) is 0 Å². The molecule has 1 saturated heterocycles. The summed E-state index contributed by atoms with van der Waals surface area (Å²) in [4.78, 5) is 24.4. The molecule has 0 aromatic carbocycles. The summed E-state index contributed by atoms with van der Waals surface area (Å²) in [6.07, 6.45) is 0. The molecule has 0 saturated carbocycles. The zero-order valence-electron chi connectivity index (χ0n) is 9.73. The van der Waals surface area contributed by atoms with Crippen LogP contribution in [0.25, 0.3) is 0 Å². The van der Waals surface area contributed by atoms with E-state index < -0.39 is 11.9 Å². The van der Waals surface area contributed by atoms with Crippen molar-refractivity contribution in [2.24, 2.45) is 5.73 Å². The number of ether oxygens (including phenoxy) is 1. The summed E-state index contributed by atoms with van der Waals surface area (Å²) in [5.41, 5.74) is 5.22. The van der Waals surface area contributed by atoms with Crippen LogP contribution in [0.2, 0.25) is 0 Å². The summed E-state index contributed by atoms with van der Waals surface area (Å²) in [5, 5.41) is 3.02. The van der Waals surface area contributed by atoms with Crippen LogP contribution in [0.5, 0.6) is 0 Å². The zero-order chi connectivity index (χ0) is 12.1. The number of carbonyl (C=O) groups is 2. The molecule has 1 rings (SSSR count). The van der Waals surface area contributed by atoms with Crippen molar-refractivity contribution in [1.29, 1.82) is 0 Å². The number of amides is 2. The first-order chi connectivity index (χ1) is 7.52. The second-order valence-electron chi connectivity index (χ2n) is 4.12. The highest BCUT2D eigenvalue weighted by Gasteiger charge is 2.30. The molecule has 1 atom stereocenters. The molecule has 1 aliphatic heterocycles. The Morgan fingerprint density at radius 1 is 1.56 bits per heavy atom. The van der Waals surface area contributed by atoms with Crippen molar-refractivity contribution in [3.63, 3.8) is 0 Å². The molecule has 6 nitrogen and oxygen atoms in total. The minimum absolute atomic E-state index is 0.110. The predicted molar refractivity (Wildman–Crippen MR) is 58.7 cm³/mol. The van der Waals surface area contributed by atoms with E-state index in [9.17, 15) is 9.59 Å². The lowest BCUT2D eigenvalue weighted by Crippen LogP contribution is -2.56. The van der Waals surface area contributed by atoms with Gasteiger partial charge in [-0.3, -0.25) is 9.59 Å². The summed E-state index contributed by atoms with van der Waals surface area (Å²) >= 11 is 0. The number of primary amides is 1. The van der Waals surface area contributed by atoms with Gasteiger partial charge >= 0.3 is 0 Å². The minimum atomic E-state index is -0.629. The summed E-state index contributed by atoms with van der Waals surface area (Å²) in [7, 11) is 0. The van der Waals surface area contributed by atoms with E-state index in [-0.39, 0.29) is 25.1 Å². The Labute approximate surface area is 95.1 Å². The van der Waals surface area contributed by atoms with Crippen LogP contribution in [0.3, 0.4) is 0 Å². The van der Waals surface area contributed by atoms with Crippen molar-refractivity contribution in [3.8, 4) is 0 Å². The Morgan fingerprint density at radius 3 is 2.81 bits per heavy atom. The molecule has 3 N–H and O–H groups in total. The lowest BCUT2D eigenvalue weighted by molar-refractivity contribution is -0.146. The average Bonchev–Trinajstić information content (AvgIpc) is 2.25. The molecular formula is C10H19N3O3. The molecule has 1 heterocycles. The van der Waals surface area contributed by atoms with E-state index in [1.54, 1.807) is 0 Å². The smallest absolute Gasteiger partial charge is 0.242 e. The quantitative estimate of drug-likeness (QED) is 0.627. The maximum Gasteiger partial charge on any atom is 0.242 e. The van der Waals surface area contributed by atoms with E-state index in [1.807, 2.05) is 13.8 Å². The third-order valence-electron chi connectivity index (χ3n) is 2.44. The van der Waals surface area contributed by atoms with Crippen LogP contribution in [-0.4, -0.2) is 55.1 Å². The van der Waals surface area contributed by atoms with Crippen LogP contribution in [0.1, 0.15) is 13.8 Å². The van der Waals surface area contributed by atoms with E-state index in [4.69, 9.17) is 10.5 Å². The van der Waals surface area contributed by atoms with Crippen LogP contribution in [0.4, 0.5) is 0 Å². The number of morpholine rings is 1. The van der Waals surface area contributed by atoms with E-state index in [1.165, 1.54) is 4.90 Å². The van der Waals surface area contributed by atoms with Gasteiger partial charge in [-0.2, -0.15) is 0 Å². The first kappa shape index (κ1) is 12.9. The first-order valence-corrected chi connectivity index (χ1v) is 5.42. The SMILES string of the molecule is CC(C)NCC(=O)N1CCOCC1C(N)=O. The van der Waals surface area contributed by atoms with Crippen molar-refractivity contribution in [2.75, 3.05) is 26.3 Å². The van der Waals surface area contributed by atoms with Crippen LogP contribution in [0.15, 0.2) is 0 Å². The molecule has 0 aromatic rings. The van der Waals surface area contributed by atoms with E-state index in [0.717, 1.165) is 0 Å². The third-order valence-corrected chi connectivity index (χ3v) is 2.44. The molecule has 2 amide bonds. The van der Waals surface area contributed by atoms with Gasteiger partial charge in [0.15, 0.2) is 0 Å².